The molecular weight excluding hydrogens is 180 g/mol. The zero-order chi connectivity index (χ0) is 9.10. The van der Waals surface area contributed by atoms with E-state index in [4.69, 9.17) is 0 Å². The van der Waals surface area contributed by atoms with Gasteiger partial charge in [0.15, 0.2) is 0 Å². The van der Waals surface area contributed by atoms with Crippen LogP contribution in [0.5, 0.6) is 0 Å². The third-order valence-electron chi connectivity index (χ3n) is 2.06. The minimum Gasteiger partial charge on any atom is -0.264 e. The average Bonchev–Trinajstić information content (AvgIpc) is 2.58. The van der Waals surface area contributed by atoms with Gasteiger partial charge in [0.25, 0.3) is 0 Å². The van der Waals surface area contributed by atoms with Crippen molar-refractivity contribution >= 4 is 22.7 Å². The van der Waals surface area contributed by atoms with Crippen LogP contribution in [0, 0.1) is 0 Å². The van der Waals surface area contributed by atoms with Crippen molar-refractivity contribution in [3.8, 4) is 0 Å². The first-order chi connectivity index (χ1) is 6.42. The summed E-state index contributed by atoms with van der Waals surface area (Å²) in [5.41, 5.74) is 1.23. The Morgan fingerprint density at radius 3 is 3.08 bits per heavy atom. The summed E-state index contributed by atoms with van der Waals surface area (Å²) < 4.78 is 2.06. The second-order valence-corrected chi connectivity index (χ2v) is 3.90. The summed E-state index contributed by atoms with van der Waals surface area (Å²) in [5, 5.41) is 5.56. The van der Waals surface area contributed by atoms with Crippen molar-refractivity contribution in [2.45, 2.75) is 6.54 Å². The van der Waals surface area contributed by atoms with Gasteiger partial charge in [-0.05, 0) is 12.3 Å². The van der Waals surface area contributed by atoms with E-state index in [1.807, 2.05) is 24.0 Å². The molecule has 0 fully saturated rings. The molecule has 0 aliphatic carbocycles. The monoisotopic (exact) mass is 192 g/mol. The molecule has 0 spiro atoms. The minimum absolute atomic E-state index is 0.995. The third kappa shape index (κ3) is 1.70. The Labute approximate surface area is 81.9 Å². The van der Waals surface area contributed by atoms with E-state index in [0.29, 0.717) is 0 Å². The number of nitrogens with zero attached hydrogens (tertiary/aromatic N) is 2. The molecule has 2 aromatic rings. The molecule has 0 amide bonds. The molecule has 1 heterocycles. The maximum atomic E-state index is 4.34. The fourth-order valence-electron chi connectivity index (χ4n) is 1.38. The molecule has 3 heteroatoms. The van der Waals surface area contributed by atoms with Crippen molar-refractivity contribution in [1.29, 1.82) is 0 Å². The number of hydrogen-bond donors (Lipinski definition) is 0. The third-order valence-corrected chi connectivity index (χ3v) is 2.65. The summed E-state index contributed by atoms with van der Waals surface area (Å²) in [6.45, 7) is 0.995. The number of thioether (sulfide) groups is 1. The lowest BCUT2D eigenvalue weighted by atomic mass is 10.3. The highest BCUT2D eigenvalue weighted by Gasteiger charge is 1.99. The molecule has 1 aromatic heterocycles. The van der Waals surface area contributed by atoms with Crippen LogP contribution in [0.2, 0.25) is 0 Å². The molecule has 0 saturated carbocycles. The van der Waals surface area contributed by atoms with Crippen LogP contribution in [0.4, 0.5) is 0 Å². The first-order valence-electron chi connectivity index (χ1n) is 4.31. The van der Waals surface area contributed by atoms with E-state index in [9.17, 15) is 0 Å². The number of rotatable bonds is 3. The lowest BCUT2D eigenvalue weighted by Crippen LogP contribution is -2.01. The molecule has 0 N–H and O–H groups in total. The molecule has 2 nitrogen and oxygen atoms in total. The van der Waals surface area contributed by atoms with E-state index in [2.05, 4.69) is 34.2 Å². The van der Waals surface area contributed by atoms with E-state index in [1.54, 1.807) is 0 Å². The van der Waals surface area contributed by atoms with Gasteiger partial charge in [0, 0.05) is 11.1 Å². The SMILES string of the molecule is CSCCn1ncc2ccccc21. The average molecular weight is 192 g/mol. The predicted molar refractivity (Wildman–Crippen MR) is 58.1 cm³/mol. The highest BCUT2D eigenvalue weighted by atomic mass is 32.2. The first-order valence-corrected chi connectivity index (χ1v) is 5.70. The quantitative estimate of drug-likeness (QED) is 0.743. The minimum atomic E-state index is 0.995. The number of hydrogen-bond acceptors (Lipinski definition) is 2. The van der Waals surface area contributed by atoms with Crippen molar-refractivity contribution < 1.29 is 0 Å². The Balaban J connectivity index is 2.35. The predicted octanol–water partition coefficient (Wildman–Crippen LogP) is 2.40. The van der Waals surface area contributed by atoms with E-state index < -0.39 is 0 Å². The lowest BCUT2D eigenvalue weighted by molar-refractivity contribution is 0.691. The van der Waals surface area contributed by atoms with Crippen LogP contribution in [0.15, 0.2) is 30.5 Å². The van der Waals surface area contributed by atoms with Crippen molar-refractivity contribution in [3.63, 3.8) is 0 Å². The van der Waals surface area contributed by atoms with Gasteiger partial charge in [0.2, 0.25) is 0 Å². The lowest BCUT2D eigenvalue weighted by Gasteiger charge is -2.00. The van der Waals surface area contributed by atoms with Crippen molar-refractivity contribution in [3.05, 3.63) is 30.5 Å². The Morgan fingerprint density at radius 1 is 1.38 bits per heavy atom. The first kappa shape index (κ1) is 8.63. The number of aryl methyl sites for hydroxylation is 1. The van der Waals surface area contributed by atoms with Crippen LogP contribution in [0.1, 0.15) is 0 Å². The van der Waals surface area contributed by atoms with Gasteiger partial charge in [-0.25, -0.2) is 0 Å². The van der Waals surface area contributed by atoms with Gasteiger partial charge in [0.1, 0.15) is 0 Å². The molecule has 0 saturated heterocycles. The summed E-state index contributed by atoms with van der Waals surface area (Å²) in [7, 11) is 0. The summed E-state index contributed by atoms with van der Waals surface area (Å²) >= 11 is 1.85. The molecule has 0 bridgehead atoms. The molecule has 0 radical (unpaired) electrons. The Bertz CT molecular complexity index is 394. The molecule has 0 aliphatic heterocycles. The standard InChI is InChI=1S/C10H12N2S/c1-13-7-6-12-10-5-3-2-4-9(10)8-11-12/h2-5,8H,6-7H2,1H3. The highest BCUT2D eigenvalue weighted by Crippen LogP contribution is 2.12. The smallest absolute Gasteiger partial charge is 0.0682 e. The maximum Gasteiger partial charge on any atom is 0.0682 e. The summed E-state index contributed by atoms with van der Waals surface area (Å²) in [4.78, 5) is 0. The van der Waals surface area contributed by atoms with Crippen molar-refractivity contribution in [1.82, 2.24) is 9.78 Å². The van der Waals surface area contributed by atoms with Gasteiger partial charge in [-0.1, -0.05) is 18.2 Å². The zero-order valence-corrected chi connectivity index (χ0v) is 8.42. The molecular formula is C10H12N2S. The topological polar surface area (TPSA) is 17.8 Å². The summed E-state index contributed by atoms with van der Waals surface area (Å²) in [6, 6.07) is 8.31. The van der Waals surface area contributed by atoms with Gasteiger partial charge in [-0.3, -0.25) is 4.68 Å². The van der Waals surface area contributed by atoms with E-state index in [0.717, 1.165) is 12.3 Å². The van der Waals surface area contributed by atoms with Gasteiger partial charge in [0.05, 0.1) is 18.3 Å². The Kier molecular flexibility index (Phi) is 2.54. The summed E-state index contributed by atoms with van der Waals surface area (Å²) in [5.74, 6) is 1.12. The molecule has 68 valence electrons. The van der Waals surface area contributed by atoms with Crippen LogP contribution >= 0.6 is 11.8 Å². The normalized spacial score (nSPS) is 10.8. The van der Waals surface area contributed by atoms with Gasteiger partial charge < -0.3 is 0 Å². The number of fused-ring (bicyclic) bond motifs is 1. The largest absolute Gasteiger partial charge is 0.264 e. The summed E-state index contributed by atoms with van der Waals surface area (Å²) in [6.07, 6.45) is 4.04. The van der Waals surface area contributed by atoms with Crippen LogP contribution < -0.4 is 0 Å². The fraction of sp³-hybridized carbons (Fsp3) is 0.300. The molecule has 0 aliphatic rings. The Hall–Kier alpha value is -0.960. The number of benzene rings is 1. The van der Waals surface area contributed by atoms with Crippen LogP contribution in [0.25, 0.3) is 10.9 Å². The zero-order valence-electron chi connectivity index (χ0n) is 7.60. The van der Waals surface area contributed by atoms with Gasteiger partial charge in [-0.15, -0.1) is 0 Å². The van der Waals surface area contributed by atoms with Gasteiger partial charge in [-0.2, -0.15) is 16.9 Å². The van der Waals surface area contributed by atoms with E-state index >= 15 is 0 Å². The molecule has 0 unspecified atom stereocenters. The van der Waals surface area contributed by atoms with Crippen molar-refractivity contribution in [2.24, 2.45) is 0 Å². The van der Waals surface area contributed by atoms with Gasteiger partial charge >= 0.3 is 0 Å². The van der Waals surface area contributed by atoms with Crippen LogP contribution in [0.3, 0.4) is 0 Å². The van der Waals surface area contributed by atoms with E-state index in [-0.39, 0.29) is 0 Å². The van der Waals surface area contributed by atoms with Crippen LogP contribution in [-0.4, -0.2) is 21.8 Å². The fourth-order valence-corrected chi connectivity index (χ4v) is 1.74. The highest BCUT2D eigenvalue weighted by molar-refractivity contribution is 7.98. The second-order valence-electron chi connectivity index (χ2n) is 2.92. The molecule has 0 atom stereocenters. The second kappa shape index (κ2) is 3.83. The maximum absolute atomic E-state index is 4.34. The number of aromatic nitrogens is 2. The number of para-hydroxylation sites is 1. The molecule has 13 heavy (non-hydrogen) atoms. The van der Waals surface area contributed by atoms with Crippen molar-refractivity contribution in [2.75, 3.05) is 12.0 Å². The Morgan fingerprint density at radius 2 is 2.23 bits per heavy atom. The molecule has 2 rings (SSSR count). The van der Waals surface area contributed by atoms with E-state index in [1.165, 1.54) is 10.9 Å². The molecule has 1 aromatic carbocycles. The van der Waals surface area contributed by atoms with Crippen LogP contribution in [-0.2, 0) is 6.54 Å².